The van der Waals surface area contributed by atoms with Gasteiger partial charge in [-0.2, -0.15) is 9.79 Å². The zero-order valence-electron chi connectivity index (χ0n) is 12.7. The van der Waals surface area contributed by atoms with Crippen LogP contribution in [0.25, 0.3) is 0 Å². The van der Waals surface area contributed by atoms with Gasteiger partial charge in [-0.1, -0.05) is 36.4 Å². The number of benzene rings is 2. The topological polar surface area (TPSA) is 198 Å². The van der Waals surface area contributed by atoms with Crippen LogP contribution >= 0.6 is 0 Å². The molecule has 0 aliphatic heterocycles. The average Bonchev–Trinajstić information content (AvgIpc) is 2.40. The summed E-state index contributed by atoms with van der Waals surface area (Å²) >= 11 is 9.49. The van der Waals surface area contributed by atoms with Crippen molar-refractivity contribution in [3.63, 3.8) is 0 Å². The second-order valence-electron chi connectivity index (χ2n) is 3.60. The molecular formula is C14H16BaO8S2-2. The Morgan fingerprint density at radius 3 is 1.08 bits per heavy atom. The molecular weight excluding hydrogens is 498 g/mol. The smallest absolute Gasteiger partial charge is 0.870 e. The van der Waals surface area contributed by atoms with Crippen molar-refractivity contribution >= 4 is 86.1 Å². The molecule has 0 atom stereocenters. The summed E-state index contributed by atoms with van der Waals surface area (Å²) in [6, 6.07) is 12.9. The van der Waals surface area contributed by atoms with E-state index in [9.17, 15) is 9.59 Å². The molecule has 8 nitrogen and oxygen atoms in total. The van der Waals surface area contributed by atoms with Gasteiger partial charge in [0.05, 0.1) is 0 Å². The van der Waals surface area contributed by atoms with Gasteiger partial charge in [-0.25, -0.2) is 9.59 Å². The van der Waals surface area contributed by atoms with Crippen LogP contribution in [0.15, 0.2) is 58.3 Å². The molecule has 8 N–H and O–H groups in total. The SMILES string of the molecule is O.O.O=C(O)c1ccccc1[S-].O=C(O)c1ccccc1[S-].[Ba+2].[OH-].[OH-]. The third-order valence-corrected chi connectivity index (χ3v) is 2.95. The van der Waals surface area contributed by atoms with Crippen molar-refractivity contribution in [3.05, 3.63) is 59.7 Å². The zero-order valence-corrected chi connectivity index (χ0v) is 18.8. The molecule has 0 fully saturated rings. The Labute approximate surface area is 195 Å². The fraction of sp³-hybridized carbons (Fsp3) is 0. The Kier molecular flexibility index (Phi) is 25.5. The number of carboxylic acid groups (broad SMARTS) is 2. The summed E-state index contributed by atoms with van der Waals surface area (Å²) in [5.74, 6) is -1.93. The molecule has 0 aliphatic carbocycles. The summed E-state index contributed by atoms with van der Waals surface area (Å²) in [6.07, 6.45) is 0. The van der Waals surface area contributed by atoms with Crippen molar-refractivity contribution in [3.8, 4) is 0 Å². The van der Waals surface area contributed by atoms with Crippen LogP contribution in [0.3, 0.4) is 0 Å². The summed E-state index contributed by atoms with van der Waals surface area (Å²) in [5.41, 5.74) is 0.384. The van der Waals surface area contributed by atoms with Crippen molar-refractivity contribution in [1.82, 2.24) is 0 Å². The molecule has 0 radical (unpaired) electrons. The summed E-state index contributed by atoms with van der Waals surface area (Å²) in [7, 11) is 0. The quantitative estimate of drug-likeness (QED) is 0.419. The Bertz CT molecular complexity index is 584. The molecule has 0 aromatic heterocycles. The van der Waals surface area contributed by atoms with Crippen LogP contribution in [0.1, 0.15) is 20.7 Å². The molecule has 2 rings (SSSR count). The second-order valence-corrected chi connectivity index (χ2v) is 4.48. The van der Waals surface area contributed by atoms with E-state index in [0.717, 1.165) is 0 Å². The molecule has 25 heavy (non-hydrogen) atoms. The summed E-state index contributed by atoms with van der Waals surface area (Å²) in [4.78, 5) is 21.5. The minimum absolute atomic E-state index is 0. The van der Waals surface area contributed by atoms with Gasteiger partial charge in [-0.15, -0.1) is 0 Å². The molecule has 0 heterocycles. The Morgan fingerprint density at radius 1 is 0.680 bits per heavy atom. The molecule has 2 aromatic carbocycles. The van der Waals surface area contributed by atoms with E-state index >= 15 is 0 Å². The van der Waals surface area contributed by atoms with E-state index in [1.807, 2.05) is 0 Å². The van der Waals surface area contributed by atoms with Gasteiger partial charge in [-0.05, 0) is 12.1 Å². The van der Waals surface area contributed by atoms with Crippen molar-refractivity contribution < 1.29 is 41.7 Å². The van der Waals surface area contributed by atoms with Gasteiger partial charge < -0.3 is 57.4 Å². The van der Waals surface area contributed by atoms with E-state index in [4.69, 9.17) is 35.5 Å². The van der Waals surface area contributed by atoms with Crippen LogP contribution in [-0.4, -0.2) is 92.9 Å². The molecule has 0 saturated heterocycles. The van der Waals surface area contributed by atoms with Gasteiger partial charge in [0.1, 0.15) is 0 Å². The van der Waals surface area contributed by atoms with Gasteiger partial charge in [0, 0.05) is 11.1 Å². The van der Waals surface area contributed by atoms with Crippen LogP contribution in [0, 0.1) is 0 Å². The van der Waals surface area contributed by atoms with Gasteiger partial charge in [-0.3, -0.25) is 0 Å². The van der Waals surface area contributed by atoms with E-state index < -0.39 is 11.9 Å². The molecule has 0 amide bonds. The fourth-order valence-electron chi connectivity index (χ4n) is 1.29. The minimum Gasteiger partial charge on any atom is -0.870 e. The summed E-state index contributed by atoms with van der Waals surface area (Å²) < 4.78 is 0. The maximum Gasteiger partial charge on any atom is 2.00 e. The van der Waals surface area contributed by atoms with Crippen LogP contribution in [0.2, 0.25) is 0 Å². The van der Waals surface area contributed by atoms with Crippen LogP contribution < -0.4 is 0 Å². The van der Waals surface area contributed by atoms with Gasteiger partial charge in [0.2, 0.25) is 0 Å². The maximum atomic E-state index is 10.4. The van der Waals surface area contributed by atoms with Crippen molar-refractivity contribution in [2.75, 3.05) is 0 Å². The van der Waals surface area contributed by atoms with Gasteiger partial charge in [0.25, 0.3) is 0 Å². The molecule has 0 aliphatic rings. The molecule has 0 spiro atoms. The molecule has 0 saturated carbocycles. The van der Waals surface area contributed by atoms with Gasteiger partial charge >= 0.3 is 60.8 Å². The van der Waals surface area contributed by atoms with Gasteiger partial charge in [0.15, 0.2) is 0 Å². The number of carboxylic acids is 2. The van der Waals surface area contributed by atoms with Crippen LogP contribution in [0.5, 0.6) is 0 Å². The predicted molar refractivity (Wildman–Crippen MR) is 94.9 cm³/mol. The Hall–Kier alpha value is -0.769. The largest absolute Gasteiger partial charge is 2.00 e. The first-order valence-corrected chi connectivity index (χ1v) is 6.23. The van der Waals surface area contributed by atoms with Crippen molar-refractivity contribution in [1.29, 1.82) is 0 Å². The van der Waals surface area contributed by atoms with E-state index in [1.165, 1.54) is 12.1 Å². The first kappa shape index (κ1) is 35.4. The molecule has 2 aromatic rings. The first-order valence-electron chi connectivity index (χ1n) is 5.42. The number of rotatable bonds is 2. The molecule has 11 heteroatoms. The third-order valence-electron chi connectivity index (χ3n) is 2.23. The number of carbonyl (C=O) groups is 2. The third kappa shape index (κ3) is 12.3. The molecule has 0 bridgehead atoms. The predicted octanol–water partition coefficient (Wildman–Crippen LogP) is 0.197. The zero-order chi connectivity index (χ0) is 15.1. The average molecular weight is 514 g/mol. The van der Waals surface area contributed by atoms with Crippen molar-refractivity contribution in [2.45, 2.75) is 9.79 Å². The Morgan fingerprint density at radius 2 is 0.920 bits per heavy atom. The monoisotopic (exact) mass is 514 g/mol. The second kappa shape index (κ2) is 18.0. The number of aromatic carboxylic acids is 2. The standard InChI is InChI=1S/2C7H6O2S.Ba.4H2O/c2*8-7(9)5-3-1-2-4-6(5)10;;;;;/h2*1-4,10H,(H,8,9);;4*1H2/q;;+2;;;;/p-4. The normalized spacial score (nSPS) is 7.36. The fourth-order valence-corrected chi connectivity index (χ4v) is 1.75. The number of hydrogen-bond acceptors (Lipinski definition) is 6. The van der Waals surface area contributed by atoms with Crippen LogP contribution in [0.4, 0.5) is 0 Å². The molecule has 136 valence electrons. The summed E-state index contributed by atoms with van der Waals surface area (Å²) in [5, 5.41) is 17.0. The maximum absolute atomic E-state index is 10.4. The summed E-state index contributed by atoms with van der Waals surface area (Å²) in [6.45, 7) is 0. The number of hydrogen-bond donors (Lipinski definition) is 2. The Balaban J connectivity index is -0.0000000889. The van der Waals surface area contributed by atoms with E-state index in [1.54, 1.807) is 36.4 Å². The van der Waals surface area contributed by atoms with E-state index in [0.29, 0.717) is 9.79 Å². The van der Waals surface area contributed by atoms with E-state index in [-0.39, 0.29) is 81.9 Å². The van der Waals surface area contributed by atoms with Crippen molar-refractivity contribution in [2.24, 2.45) is 0 Å². The molecule has 0 unspecified atom stereocenters. The van der Waals surface area contributed by atoms with Crippen LogP contribution in [-0.2, 0) is 25.3 Å². The minimum atomic E-state index is -0.967. The first-order chi connectivity index (χ1) is 9.43. The van der Waals surface area contributed by atoms with E-state index in [2.05, 4.69) is 0 Å².